The van der Waals surface area contributed by atoms with Crippen molar-refractivity contribution in [3.05, 3.63) is 57.2 Å². The Kier molecular flexibility index (Phi) is 11.2. The van der Waals surface area contributed by atoms with Gasteiger partial charge in [-0.05, 0) is 148 Å². The Morgan fingerprint density at radius 2 is 1.51 bits per heavy atom. The van der Waals surface area contributed by atoms with E-state index in [-0.39, 0.29) is 5.60 Å². The van der Waals surface area contributed by atoms with Gasteiger partial charge >= 0.3 is 0 Å². The third-order valence-electron chi connectivity index (χ3n) is 8.53. The molecule has 0 bridgehead atoms. The predicted molar refractivity (Wildman–Crippen MR) is 163 cm³/mol. The Morgan fingerprint density at radius 1 is 0.865 bits per heavy atom. The molecule has 1 aromatic rings. The SMILES string of the molecule is C/C(=C\CC/C(C)=C/CC[C@]1(C)CCc2c(C)c(O[Si](C)C)c(C)c(C)c2O1)CCC=C1CCCCC1. The van der Waals surface area contributed by atoms with Gasteiger partial charge in [-0.2, -0.15) is 0 Å². The van der Waals surface area contributed by atoms with E-state index >= 15 is 0 Å². The van der Waals surface area contributed by atoms with E-state index in [1.165, 1.54) is 72.8 Å². The second-order valence-electron chi connectivity index (χ2n) is 12.2. The van der Waals surface area contributed by atoms with E-state index < -0.39 is 9.04 Å². The highest BCUT2D eigenvalue weighted by molar-refractivity contribution is 6.49. The molecule has 1 saturated carbocycles. The summed E-state index contributed by atoms with van der Waals surface area (Å²) in [6.45, 7) is 17.9. The van der Waals surface area contributed by atoms with Crippen molar-refractivity contribution in [2.75, 3.05) is 0 Å². The Balaban J connectivity index is 1.48. The molecule has 1 radical (unpaired) electrons. The molecule has 0 aromatic heterocycles. The molecule has 0 N–H and O–H groups in total. The molecule has 0 spiro atoms. The summed E-state index contributed by atoms with van der Waals surface area (Å²) < 4.78 is 13.0. The Hall–Kier alpha value is -1.74. The van der Waals surface area contributed by atoms with E-state index in [0.717, 1.165) is 50.0 Å². The maximum absolute atomic E-state index is 6.76. The van der Waals surface area contributed by atoms with Crippen LogP contribution in [0.4, 0.5) is 0 Å². The van der Waals surface area contributed by atoms with Gasteiger partial charge in [0.1, 0.15) is 17.1 Å². The lowest BCUT2D eigenvalue weighted by atomic mass is 9.85. The standard InChI is InChI=1S/C34H53O2Si/c1-25(17-13-21-30-19-10-9-11-20-30)15-12-16-26(2)18-14-23-34(6)24-22-31-29(5)32(36-37(7)8)27(3)28(4)33(31)35-34/h15,18,21H,9-14,16-17,19-20,22-24H2,1-8H3/b25-15+,26-18+/t34-/m1/s1. The maximum Gasteiger partial charge on any atom is 0.274 e. The van der Waals surface area contributed by atoms with E-state index in [1.54, 1.807) is 11.1 Å². The summed E-state index contributed by atoms with van der Waals surface area (Å²) in [7, 11) is -0.789. The first-order chi connectivity index (χ1) is 17.6. The molecule has 0 amide bonds. The van der Waals surface area contributed by atoms with Gasteiger partial charge in [0.15, 0.2) is 0 Å². The minimum atomic E-state index is -0.789. The number of rotatable bonds is 11. The number of hydrogen-bond acceptors (Lipinski definition) is 2. The lowest BCUT2D eigenvalue weighted by Gasteiger charge is -2.38. The quantitative estimate of drug-likeness (QED) is 0.213. The van der Waals surface area contributed by atoms with Crippen molar-refractivity contribution < 1.29 is 9.16 Å². The van der Waals surface area contributed by atoms with Crippen molar-refractivity contribution >= 4 is 9.04 Å². The molecule has 205 valence electrons. The van der Waals surface area contributed by atoms with Crippen LogP contribution in [0.1, 0.15) is 120 Å². The van der Waals surface area contributed by atoms with Gasteiger partial charge in [0.05, 0.1) is 0 Å². The molecule has 1 aliphatic carbocycles. The highest BCUT2D eigenvalue weighted by atomic mass is 28.3. The molecule has 0 saturated heterocycles. The van der Waals surface area contributed by atoms with E-state index in [1.807, 2.05) is 0 Å². The fraction of sp³-hybridized carbons (Fsp3) is 0.647. The zero-order valence-corrected chi connectivity index (χ0v) is 26.2. The van der Waals surface area contributed by atoms with Gasteiger partial charge in [0.25, 0.3) is 9.04 Å². The molecule has 1 atom stereocenters. The number of ether oxygens (including phenoxy) is 1. The lowest BCUT2D eigenvalue weighted by molar-refractivity contribution is 0.0559. The van der Waals surface area contributed by atoms with Crippen LogP contribution in [0.25, 0.3) is 0 Å². The summed E-state index contributed by atoms with van der Waals surface area (Å²) in [6.07, 6.45) is 23.4. The molecule has 2 nitrogen and oxygen atoms in total. The van der Waals surface area contributed by atoms with E-state index in [0.29, 0.717) is 0 Å². The van der Waals surface area contributed by atoms with Gasteiger partial charge in [0.2, 0.25) is 0 Å². The highest BCUT2D eigenvalue weighted by Gasteiger charge is 2.34. The average Bonchev–Trinajstić information content (AvgIpc) is 2.85. The Labute approximate surface area is 230 Å². The largest absolute Gasteiger partial charge is 0.542 e. The number of allylic oxidation sites excluding steroid dienone is 6. The second kappa shape index (κ2) is 13.9. The Morgan fingerprint density at radius 3 is 2.19 bits per heavy atom. The molecule has 3 heteroatoms. The average molecular weight is 522 g/mol. The van der Waals surface area contributed by atoms with Crippen LogP contribution in [0.3, 0.4) is 0 Å². The fourth-order valence-electron chi connectivity index (χ4n) is 5.90. The van der Waals surface area contributed by atoms with Gasteiger partial charge < -0.3 is 9.16 Å². The van der Waals surface area contributed by atoms with Crippen LogP contribution in [-0.2, 0) is 6.42 Å². The number of hydrogen-bond donors (Lipinski definition) is 0. The maximum atomic E-state index is 6.76. The minimum absolute atomic E-state index is 0.0937. The van der Waals surface area contributed by atoms with Gasteiger partial charge in [-0.3, -0.25) is 0 Å². The van der Waals surface area contributed by atoms with E-state index in [9.17, 15) is 0 Å². The van der Waals surface area contributed by atoms with Gasteiger partial charge in [-0.15, -0.1) is 0 Å². The topological polar surface area (TPSA) is 18.5 Å². The third-order valence-corrected chi connectivity index (χ3v) is 9.15. The summed E-state index contributed by atoms with van der Waals surface area (Å²) in [4.78, 5) is 0. The monoisotopic (exact) mass is 521 g/mol. The molecular formula is C34H53O2Si. The summed E-state index contributed by atoms with van der Waals surface area (Å²) in [5.41, 5.74) is 9.83. The molecule has 1 aliphatic heterocycles. The van der Waals surface area contributed by atoms with Crippen LogP contribution in [0, 0.1) is 20.8 Å². The van der Waals surface area contributed by atoms with Crippen molar-refractivity contribution in [1.82, 2.24) is 0 Å². The van der Waals surface area contributed by atoms with Gasteiger partial charge in [-0.25, -0.2) is 0 Å². The molecular weight excluding hydrogens is 468 g/mol. The Bertz CT molecular complexity index is 1010. The van der Waals surface area contributed by atoms with Crippen molar-refractivity contribution in [1.29, 1.82) is 0 Å². The van der Waals surface area contributed by atoms with Crippen LogP contribution in [0.5, 0.6) is 11.5 Å². The summed E-state index contributed by atoms with van der Waals surface area (Å²) in [6, 6.07) is 0. The zero-order valence-electron chi connectivity index (χ0n) is 25.2. The smallest absolute Gasteiger partial charge is 0.274 e. The van der Waals surface area contributed by atoms with Crippen LogP contribution in [0.15, 0.2) is 34.9 Å². The van der Waals surface area contributed by atoms with Crippen LogP contribution >= 0.6 is 0 Å². The molecule has 2 aliphatic rings. The highest BCUT2D eigenvalue weighted by Crippen LogP contribution is 2.45. The van der Waals surface area contributed by atoms with Crippen LogP contribution in [0.2, 0.25) is 13.1 Å². The van der Waals surface area contributed by atoms with Crippen LogP contribution < -0.4 is 9.16 Å². The van der Waals surface area contributed by atoms with Gasteiger partial charge in [0, 0.05) is 5.56 Å². The molecule has 1 aromatic carbocycles. The zero-order chi connectivity index (χ0) is 27.0. The third kappa shape index (κ3) is 8.63. The minimum Gasteiger partial charge on any atom is -0.542 e. The molecule has 0 unspecified atom stereocenters. The summed E-state index contributed by atoms with van der Waals surface area (Å²) in [5.74, 6) is 2.23. The predicted octanol–water partition coefficient (Wildman–Crippen LogP) is 10.4. The number of benzene rings is 1. The lowest BCUT2D eigenvalue weighted by Crippen LogP contribution is -2.37. The normalized spacial score (nSPS) is 20.6. The van der Waals surface area contributed by atoms with E-state index in [2.05, 4.69) is 72.9 Å². The van der Waals surface area contributed by atoms with E-state index in [4.69, 9.17) is 9.16 Å². The molecule has 37 heavy (non-hydrogen) atoms. The first kappa shape index (κ1) is 29.8. The van der Waals surface area contributed by atoms with Crippen molar-refractivity contribution in [2.45, 2.75) is 144 Å². The number of fused-ring (bicyclic) bond motifs is 1. The summed E-state index contributed by atoms with van der Waals surface area (Å²) in [5, 5.41) is 0. The first-order valence-corrected chi connectivity index (χ1v) is 17.3. The summed E-state index contributed by atoms with van der Waals surface area (Å²) >= 11 is 0. The van der Waals surface area contributed by atoms with Crippen molar-refractivity contribution in [2.24, 2.45) is 0 Å². The first-order valence-electron chi connectivity index (χ1n) is 14.9. The molecule has 1 fully saturated rings. The van der Waals surface area contributed by atoms with Crippen molar-refractivity contribution in [3.63, 3.8) is 0 Å². The van der Waals surface area contributed by atoms with Crippen LogP contribution in [-0.4, -0.2) is 14.6 Å². The fourth-order valence-corrected chi connectivity index (χ4v) is 6.62. The molecule has 3 rings (SSSR count). The van der Waals surface area contributed by atoms with Gasteiger partial charge in [-0.1, -0.05) is 41.4 Å². The van der Waals surface area contributed by atoms with Crippen molar-refractivity contribution in [3.8, 4) is 11.5 Å². The second-order valence-corrected chi connectivity index (χ2v) is 14.2. The molecule has 1 heterocycles.